The van der Waals surface area contributed by atoms with Gasteiger partial charge in [-0.3, -0.25) is 0 Å². The minimum atomic E-state index is 0.700. The van der Waals surface area contributed by atoms with Gasteiger partial charge < -0.3 is 5.32 Å². The summed E-state index contributed by atoms with van der Waals surface area (Å²) in [7, 11) is 0. The lowest BCUT2D eigenvalue weighted by Crippen LogP contribution is -2.19. The van der Waals surface area contributed by atoms with Crippen molar-refractivity contribution in [1.82, 2.24) is 20.1 Å². The van der Waals surface area contributed by atoms with Crippen molar-refractivity contribution in [2.45, 2.75) is 45.8 Å². The summed E-state index contributed by atoms with van der Waals surface area (Å²) >= 11 is 0. The van der Waals surface area contributed by atoms with Crippen molar-refractivity contribution in [3.8, 4) is 0 Å². The van der Waals surface area contributed by atoms with Crippen LogP contribution in [0.4, 0.5) is 0 Å². The Hall–Kier alpha value is -1.68. The highest BCUT2D eigenvalue weighted by Crippen LogP contribution is 2.19. The zero-order chi connectivity index (χ0) is 13.2. The Kier molecular flexibility index (Phi) is 3.34. The molecule has 0 radical (unpaired) electrons. The summed E-state index contributed by atoms with van der Waals surface area (Å²) in [6.07, 6.45) is 4.24. The van der Waals surface area contributed by atoms with Crippen molar-refractivity contribution in [2.24, 2.45) is 0 Å². The number of hydrogen-bond donors (Lipinski definition) is 1. The number of nitrogens with zero attached hydrogens (tertiary/aromatic N) is 3. The fourth-order valence-electron chi connectivity index (χ4n) is 2.21. The molecule has 0 bridgehead atoms. The molecule has 3 rings (SSSR count). The fraction of sp³-hybridized carbons (Fsp3) is 0.467. The summed E-state index contributed by atoms with van der Waals surface area (Å²) in [6, 6.07) is 7.25. The van der Waals surface area contributed by atoms with E-state index in [9.17, 15) is 0 Å². The fourth-order valence-corrected chi connectivity index (χ4v) is 2.21. The van der Waals surface area contributed by atoms with E-state index in [0.717, 1.165) is 18.9 Å². The highest BCUT2D eigenvalue weighted by Gasteiger charge is 2.21. The van der Waals surface area contributed by atoms with E-state index in [2.05, 4.69) is 47.4 Å². The van der Waals surface area contributed by atoms with Crippen LogP contribution in [0.1, 0.15) is 35.4 Å². The number of nitrogens with one attached hydrogen (secondary N) is 1. The quantitative estimate of drug-likeness (QED) is 0.891. The van der Waals surface area contributed by atoms with Gasteiger partial charge >= 0.3 is 0 Å². The van der Waals surface area contributed by atoms with E-state index in [1.807, 2.05) is 4.68 Å². The lowest BCUT2D eigenvalue weighted by atomic mass is 10.1. The van der Waals surface area contributed by atoms with Gasteiger partial charge in [-0.1, -0.05) is 23.8 Å². The molecular weight excluding hydrogens is 236 g/mol. The van der Waals surface area contributed by atoms with Crippen LogP contribution in [0.5, 0.6) is 0 Å². The SMILES string of the molecule is Cc1ccc(C)c(Cn2ncnc2CNC2CC2)c1. The van der Waals surface area contributed by atoms with Gasteiger partial charge in [-0.05, 0) is 37.8 Å². The largest absolute Gasteiger partial charge is 0.307 e. The summed E-state index contributed by atoms with van der Waals surface area (Å²) in [5.41, 5.74) is 3.92. The average molecular weight is 256 g/mol. The van der Waals surface area contributed by atoms with Crippen LogP contribution in [0, 0.1) is 13.8 Å². The van der Waals surface area contributed by atoms with Gasteiger partial charge in [0.05, 0.1) is 13.1 Å². The molecule has 0 spiro atoms. The Bertz CT molecular complexity index is 569. The first-order valence-electron chi connectivity index (χ1n) is 6.88. The number of hydrogen-bond acceptors (Lipinski definition) is 3. The Morgan fingerprint density at radius 2 is 2.16 bits per heavy atom. The van der Waals surface area contributed by atoms with Crippen LogP contribution < -0.4 is 5.32 Å². The first-order valence-corrected chi connectivity index (χ1v) is 6.88. The van der Waals surface area contributed by atoms with Crippen LogP contribution in [0.3, 0.4) is 0 Å². The van der Waals surface area contributed by atoms with Crippen molar-refractivity contribution in [2.75, 3.05) is 0 Å². The van der Waals surface area contributed by atoms with Crippen LogP contribution in [-0.4, -0.2) is 20.8 Å². The number of aromatic nitrogens is 3. The second-order valence-electron chi connectivity index (χ2n) is 5.42. The van der Waals surface area contributed by atoms with E-state index in [-0.39, 0.29) is 0 Å². The lowest BCUT2D eigenvalue weighted by Gasteiger charge is -2.10. The molecule has 1 heterocycles. The number of rotatable bonds is 5. The molecule has 1 N–H and O–H groups in total. The van der Waals surface area contributed by atoms with Gasteiger partial charge in [-0.2, -0.15) is 5.10 Å². The van der Waals surface area contributed by atoms with Crippen LogP contribution in [0.25, 0.3) is 0 Å². The highest BCUT2D eigenvalue weighted by molar-refractivity contribution is 5.30. The van der Waals surface area contributed by atoms with Crippen LogP contribution in [-0.2, 0) is 13.1 Å². The molecule has 0 amide bonds. The molecule has 1 aliphatic carbocycles. The third kappa shape index (κ3) is 3.01. The Labute approximate surface area is 113 Å². The number of benzene rings is 1. The van der Waals surface area contributed by atoms with E-state index >= 15 is 0 Å². The van der Waals surface area contributed by atoms with Crippen molar-refractivity contribution in [1.29, 1.82) is 0 Å². The molecule has 1 saturated carbocycles. The van der Waals surface area contributed by atoms with E-state index in [4.69, 9.17) is 0 Å². The third-order valence-corrected chi connectivity index (χ3v) is 3.65. The standard InChI is InChI=1S/C15H20N4/c1-11-3-4-12(2)13(7-11)9-19-15(17-10-18-19)8-16-14-5-6-14/h3-4,7,10,14,16H,5-6,8-9H2,1-2H3. The van der Waals surface area contributed by atoms with Gasteiger partial charge in [0.2, 0.25) is 0 Å². The molecule has 100 valence electrons. The van der Waals surface area contributed by atoms with E-state index < -0.39 is 0 Å². The lowest BCUT2D eigenvalue weighted by molar-refractivity contribution is 0.582. The number of aryl methyl sites for hydroxylation is 2. The van der Waals surface area contributed by atoms with Crippen molar-refractivity contribution in [3.05, 3.63) is 47.0 Å². The van der Waals surface area contributed by atoms with Gasteiger partial charge in [0.15, 0.2) is 0 Å². The minimum absolute atomic E-state index is 0.700. The smallest absolute Gasteiger partial charge is 0.141 e. The molecule has 0 saturated heterocycles. The van der Waals surface area contributed by atoms with E-state index in [1.165, 1.54) is 29.5 Å². The van der Waals surface area contributed by atoms with Gasteiger partial charge in [0.1, 0.15) is 12.2 Å². The van der Waals surface area contributed by atoms with Gasteiger partial charge in [-0.15, -0.1) is 0 Å². The maximum absolute atomic E-state index is 4.35. The molecule has 1 aromatic heterocycles. The molecule has 0 aliphatic heterocycles. The molecular formula is C15H20N4. The Balaban J connectivity index is 1.74. The Morgan fingerprint density at radius 1 is 1.32 bits per heavy atom. The molecule has 1 aromatic carbocycles. The van der Waals surface area contributed by atoms with Crippen molar-refractivity contribution in [3.63, 3.8) is 0 Å². The van der Waals surface area contributed by atoms with E-state index in [0.29, 0.717) is 6.04 Å². The third-order valence-electron chi connectivity index (χ3n) is 3.65. The molecule has 0 atom stereocenters. The highest BCUT2D eigenvalue weighted by atomic mass is 15.3. The zero-order valence-electron chi connectivity index (χ0n) is 11.6. The van der Waals surface area contributed by atoms with Crippen LogP contribution in [0.2, 0.25) is 0 Å². The molecule has 1 fully saturated rings. The average Bonchev–Trinajstić information content (AvgIpc) is 3.12. The first-order chi connectivity index (χ1) is 9.22. The summed E-state index contributed by atoms with van der Waals surface area (Å²) in [6.45, 7) is 5.89. The molecule has 0 unspecified atom stereocenters. The topological polar surface area (TPSA) is 42.7 Å². The molecule has 4 nitrogen and oxygen atoms in total. The van der Waals surface area contributed by atoms with E-state index in [1.54, 1.807) is 6.33 Å². The summed E-state index contributed by atoms with van der Waals surface area (Å²) in [4.78, 5) is 4.35. The summed E-state index contributed by atoms with van der Waals surface area (Å²) < 4.78 is 2.00. The second kappa shape index (κ2) is 5.13. The maximum atomic E-state index is 4.35. The maximum Gasteiger partial charge on any atom is 0.141 e. The van der Waals surface area contributed by atoms with Gasteiger partial charge in [-0.25, -0.2) is 9.67 Å². The van der Waals surface area contributed by atoms with Gasteiger partial charge in [0.25, 0.3) is 0 Å². The van der Waals surface area contributed by atoms with Crippen molar-refractivity contribution >= 4 is 0 Å². The normalized spacial score (nSPS) is 14.8. The molecule has 19 heavy (non-hydrogen) atoms. The predicted molar refractivity (Wildman–Crippen MR) is 74.9 cm³/mol. The monoisotopic (exact) mass is 256 g/mol. The molecule has 4 heteroatoms. The minimum Gasteiger partial charge on any atom is -0.307 e. The Morgan fingerprint density at radius 3 is 2.95 bits per heavy atom. The molecule has 1 aliphatic rings. The second-order valence-corrected chi connectivity index (χ2v) is 5.42. The molecule has 2 aromatic rings. The van der Waals surface area contributed by atoms with Crippen molar-refractivity contribution < 1.29 is 0 Å². The first kappa shape index (κ1) is 12.4. The predicted octanol–water partition coefficient (Wildman–Crippen LogP) is 2.20. The zero-order valence-corrected chi connectivity index (χ0v) is 11.6. The van der Waals surface area contributed by atoms with Gasteiger partial charge in [0, 0.05) is 6.04 Å². The van der Waals surface area contributed by atoms with Crippen LogP contribution >= 0.6 is 0 Å². The van der Waals surface area contributed by atoms with Crippen LogP contribution in [0.15, 0.2) is 24.5 Å². The summed E-state index contributed by atoms with van der Waals surface area (Å²) in [5.74, 6) is 1.02. The summed E-state index contributed by atoms with van der Waals surface area (Å²) in [5, 5.41) is 7.83.